The monoisotopic (exact) mass is 361 g/mol. The highest BCUT2D eigenvalue weighted by Crippen LogP contribution is 2.24. The zero-order valence-corrected chi connectivity index (χ0v) is 14.5. The minimum Gasteiger partial charge on any atom is -0.343 e. The van der Waals surface area contributed by atoms with Gasteiger partial charge in [-0.1, -0.05) is 29.3 Å². The Balaban J connectivity index is 1.65. The quantitative estimate of drug-likeness (QED) is 0.771. The van der Waals surface area contributed by atoms with Crippen molar-refractivity contribution in [1.82, 2.24) is 14.5 Å². The Kier molecular flexibility index (Phi) is 4.12. The fourth-order valence-electron chi connectivity index (χ4n) is 3.09. The predicted molar refractivity (Wildman–Crippen MR) is 98.2 cm³/mol. The van der Waals surface area contributed by atoms with Gasteiger partial charge in [-0.2, -0.15) is 0 Å². The molecule has 124 valence electrons. The number of hydrogen-bond acceptors (Lipinski definition) is 2. The lowest BCUT2D eigenvalue weighted by molar-refractivity contribution is 0.328. The smallest absolute Gasteiger partial charge is 0.260 e. The minimum absolute atomic E-state index is 0.0640. The van der Waals surface area contributed by atoms with E-state index in [1.807, 2.05) is 36.7 Å². The summed E-state index contributed by atoms with van der Waals surface area (Å²) < 4.78 is 3.85. The standard InChI is InChI=1S/C18H17Cl2N3O/c19-15-2-1-12(9-16(15)20)10-22-7-4-14-17(22)5-8-23(18(14)24)11-13-3-6-21-13/h1-2,4-5,7-9,13,21H,3,6,10-11H2. The Morgan fingerprint density at radius 1 is 1.08 bits per heavy atom. The first-order valence-corrected chi connectivity index (χ1v) is 8.73. The van der Waals surface area contributed by atoms with Gasteiger partial charge in [-0.25, -0.2) is 0 Å². The Morgan fingerprint density at radius 2 is 1.88 bits per heavy atom. The minimum atomic E-state index is 0.0640. The molecule has 0 spiro atoms. The number of benzene rings is 1. The number of fused-ring (bicyclic) bond motifs is 1. The van der Waals surface area contributed by atoms with Crippen LogP contribution in [0.5, 0.6) is 0 Å². The van der Waals surface area contributed by atoms with Gasteiger partial charge in [-0.05, 0) is 42.8 Å². The van der Waals surface area contributed by atoms with Crippen molar-refractivity contribution in [3.05, 3.63) is 68.7 Å². The highest BCUT2D eigenvalue weighted by Gasteiger charge is 2.18. The van der Waals surface area contributed by atoms with Gasteiger partial charge in [0.25, 0.3) is 5.56 Å². The van der Waals surface area contributed by atoms with Crippen molar-refractivity contribution in [2.24, 2.45) is 0 Å². The molecule has 0 amide bonds. The molecule has 1 unspecified atom stereocenters. The molecule has 1 aliphatic heterocycles. The molecule has 2 aromatic heterocycles. The second-order valence-corrected chi connectivity index (χ2v) is 7.02. The summed E-state index contributed by atoms with van der Waals surface area (Å²) in [6, 6.07) is 9.91. The summed E-state index contributed by atoms with van der Waals surface area (Å²) in [7, 11) is 0. The van der Waals surface area contributed by atoms with Gasteiger partial charge in [0.2, 0.25) is 0 Å². The average molecular weight is 362 g/mol. The van der Waals surface area contributed by atoms with Crippen LogP contribution in [0.4, 0.5) is 0 Å². The Morgan fingerprint density at radius 3 is 2.58 bits per heavy atom. The number of pyridine rings is 1. The lowest BCUT2D eigenvalue weighted by Crippen LogP contribution is -2.47. The lowest BCUT2D eigenvalue weighted by Gasteiger charge is -2.28. The van der Waals surface area contributed by atoms with Gasteiger partial charge >= 0.3 is 0 Å². The van der Waals surface area contributed by atoms with Crippen LogP contribution in [0.3, 0.4) is 0 Å². The van der Waals surface area contributed by atoms with Crippen molar-refractivity contribution in [2.75, 3.05) is 6.54 Å². The maximum absolute atomic E-state index is 12.7. The topological polar surface area (TPSA) is 39.0 Å². The normalized spacial score (nSPS) is 17.2. The maximum atomic E-state index is 12.7. The Hall–Kier alpha value is -1.75. The van der Waals surface area contributed by atoms with Gasteiger partial charge in [-0.15, -0.1) is 0 Å². The second kappa shape index (κ2) is 6.28. The summed E-state index contributed by atoms with van der Waals surface area (Å²) in [5, 5.41) is 5.16. The maximum Gasteiger partial charge on any atom is 0.260 e. The highest BCUT2D eigenvalue weighted by atomic mass is 35.5. The SMILES string of the molecule is O=c1c2ccn(Cc3ccc(Cl)c(Cl)c3)c2ccn1CC1CCN1. The Labute approximate surface area is 149 Å². The zero-order chi connectivity index (χ0) is 16.7. The van der Waals surface area contributed by atoms with Crippen LogP contribution in [-0.2, 0) is 13.1 Å². The molecule has 1 aliphatic rings. The van der Waals surface area contributed by atoms with Crippen molar-refractivity contribution in [2.45, 2.75) is 25.6 Å². The van der Waals surface area contributed by atoms with Gasteiger partial charge in [0.15, 0.2) is 0 Å². The van der Waals surface area contributed by atoms with Crippen molar-refractivity contribution >= 4 is 34.1 Å². The molecule has 0 bridgehead atoms. The number of hydrogen-bond donors (Lipinski definition) is 1. The highest BCUT2D eigenvalue weighted by molar-refractivity contribution is 6.42. The van der Waals surface area contributed by atoms with E-state index < -0.39 is 0 Å². The molecule has 0 saturated carbocycles. The number of aromatic nitrogens is 2. The van der Waals surface area contributed by atoms with Crippen LogP contribution in [0.15, 0.2) is 47.5 Å². The van der Waals surface area contributed by atoms with Gasteiger partial charge < -0.3 is 14.5 Å². The molecule has 3 aromatic rings. The van der Waals surface area contributed by atoms with Gasteiger partial charge in [0.1, 0.15) is 0 Å². The fraction of sp³-hybridized carbons (Fsp3) is 0.278. The van der Waals surface area contributed by atoms with Crippen LogP contribution in [-0.4, -0.2) is 21.7 Å². The third-order valence-electron chi connectivity index (χ3n) is 4.59. The molecule has 1 saturated heterocycles. The first-order valence-electron chi connectivity index (χ1n) is 7.97. The van der Waals surface area contributed by atoms with Crippen molar-refractivity contribution < 1.29 is 0 Å². The van der Waals surface area contributed by atoms with Crippen LogP contribution >= 0.6 is 23.2 Å². The second-order valence-electron chi connectivity index (χ2n) is 6.20. The van der Waals surface area contributed by atoms with E-state index in [0.717, 1.165) is 36.0 Å². The number of nitrogens with zero attached hydrogens (tertiary/aromatic N) is 2. The summed E-state index contributed by atoms with van der Waals surface area (Å²) in [4.78, 5) is 12.7. The number of halogens is 2. The molecule has 24 heavy (non-hydrogen) atoms. The van der Waals surface area contributed by atoms with E-state index in [-0.39, 0.29) is 5.56 Å². The van der Waals surface area contributed by atoms with E-state index >= 15 is 0 Å². The predicted octanol–water partition coefficient (Wildman–Crippen LogP) is 3.52. The molecule has 4 rings (SSSR count). The first kappa shape index (κ1) is 15.8. The van der Waals surface area contributed by atoms with E-state index in [1.165, 1.54) is 0 Å². The fourth-order valence-corrected chi connectivity index (χ4v) is 3.41. The van der Waals surface area contributed by atoms with Crippen LogP contribution in [0.25, 0.3) is 10.9 Å². The van der Waals surface area contributed by atoms with E-state index in [4.69, 9.17) is 23.2 Å². The molecule has 1 aromatic carbocycles. The number of rotatable bonds is 4. The number of nitrogens with one attached hydrogen (secondary N) is 1. The molecular formula is C18H17Cl2N3O. The van der Waals surface area contributed by atoms with Crippen molar-refractivity contribution in [3.63, 3.8) is 0 Å². The molecule has 6 heteroatoms. The Bertz CT molecular complexity index is 957. The van der Waals surface area contributed by atoms with Crippen LogP contribution in [0, 0.1) is 0 Å². The summed E-state index contributed by atoms with van der Waals surface area (Å²) >= 11 is 12.1. The summed E-state index contributed by atoms with van der Waals surface area (Å²) in [5.74, 6) is 0. The van der Waals surface area contributed by atoms with Gasteiger partial charge in [0, 0.05) is 31.5 Å². The average Bonchev–Trinajstić information content (AvgIpc) is 2.92. The van der Waals surface area contributed by atoms with Crippen LogP contribution in [0.2, 0.25) is 10.0 Å². The van der Waals surface area contributed by atoms with E-state index in [0.29, 0.717) is 22.6 Å². The zero-order valence-electron chi connectivity index (χ0n) is 13.0. The molecule has 3 heterocycles. The van der Waals surface area contributed by atoms with Gasteiger partial charge in [0.05, 0.1) is 20.9 Å². The van der Waals surface area contributed by atoms with E-state index in [9.17, 15) is 4.79 Å². The lowest BCUT2D eigenvalue weighted by atomic mass is 10.1. The molecule has 1 atom stereocenters. The summed E-state index contributed by atoms with van der Waals surface area (Å²) in [5.41, 5.74) is 2.04. The largest absolute Gasteiger partial charge is 0.343 e. The van der Waals surface area contributed by atoms with Crippen molar-refractivity contribution in [1.29, 1.82) is 0 Å². The van der Waals surface area contributed by atoms with E-state index in [2.05, 4.69) is 9.88 Å². The first-order chi connectivity index (χ1) is 11.6. The molecule has 1 fully saturated rings. The summed E-state index contributed by atoms with van der Waals surface area (Å²) in [6.07, 6.45) is 4.96. The third kappa shape index (κ3) is 2.86. The van der Waals surface area contributed by atoms with E-state index in [1.54, 1.807) is 10.6 Å². The molecule has 0 radical (unpaired) electrons. The summed E-state index contributed by atoms with van der Waals surface area (Å²) in [6.45, 7) is 2.42. The van der Waals surface area contributed by atoms with Gasteiger partial charge in [-0.3, -0.25) is 4.79 Å². The van der Waals surface area contributed by atoms with Crippen LogP contribution < -0.4 is 10.9 Å². The van der Waals surface area contributed by atoms with Crippen molar-refractivity contribution in [3.8, 4) is 0 Å². The molecule has 0 aliphatic carbocycles. The molecule has 1 N–H and O–H groups in total. The third-order valence-corrected chi connectivity index (χ3v) is 5.33. The molecule has 4 nitrogen and oxygen atoms in total. The van der Waals surface area contributed by atoms with Crippen LogP contribution in [0.1, 0.15) is 12.0 Å². The molecular weight excluding hydrogens is 345 g/mol.